The topological polar surface area (TPSA) is 30.9 Å². The van der Waals surface area contributed by atoms with E-state index < -0.39 is 0 Å². The number of rotatable bonds is 1. The average Bonchev–Trinajstić information content (AvgIpc) is 2.47. The van der Waals surface area contributed by atoms with Gasteiger partial charge in [-0.3, -0.25) is 0 Å². The van der Waals surface area contributed by atoms with E-state index >= 15 is 0 Å². The Morgan fingerprint density at radius 3 is 2.47 bits per heavy atom. The van der Waals surface area contributed by atoms with Crippen molar-refractivity contribution in [1.29, 1.82) is 0 Å². The summed E-state index contributed by atoms with van der Waals surface area (Å²) >= 11 is 12.3. The first-order valence-corrected chi connectivity index (χ1v) is 5.45. The first-order valence-electron chi connectivity index (χ1n) is 4.69. The largest absolute Gasteiger partial charge is 0.346 e. The van der Waals surface area contributed by atoms with Crippen LogP contribution in [0.15, 0.2) is 12.1 Å². The van der Waals surface area contributed by atoms with Gasteiger partial charge in [0, 0.05) is 24.7 Å². The minimum Gasteiger partial charge on any atom is -0.346 e. The Kier molecular flexibility index (Phi) is 2.67. The van der Waals surface area contributed by atoms with E-state index in [2.05, 4.69) is 0 Å². The Morgan fingerprint density at radius 1 is 1.27 bits per heavy atom. The molecule has 0 aliphatic heterocycles. The molecule has 4 heteroatoms. The summed E-state index contributed by atoms with van der Waals surface area (Å²) in [6, 6.07) is 3.62. The van der Waals surface area contributed by atoms with Crippen LogP contribution in [0.3, 0.4) is 0 Å². The van der Waals surface area contributed by atoms with Crippen LogP contribution in [0, 0.1) is 6.92 Å². The summed E-state index contributed by atoms with van der Waals surface area (Å²) in [6.07, 6.45) is 0. The smallest absolute Gasteiger partial charge is 0.0687 e. The Balaban J connectivity index is 3.02. The zero-order chi connectivity index (χ0) is 11.2. The van der Waals surface area contributed by atoms with Crippen LogP contribution in [0.5, 0.6) is 0 Å². The zero-order valence-electron chi connectivity index (χ0n) is 8.64. The van der Waals surface area contributed by atoms with Crippen LogP contribution in [-0.4, -0.2) is 4.57 Å². The number of aromatic nitrogens is 1. The first-order chi connectivity index (χ1) is 7.07. The summed E-state index contributed by atoms with van der Waals surface area (Å²) in [4.78, 5) is 0. The van der Waals surface area contributed by atoms with Crippen LogP contribution in [0.1, 0.15) is 11.3 Å². The third kappa shape index (κ3) is 1.44. The van der Waals surface area contributed by atoms with Crippen molar-refractivity contribution in [3.05, 3.63) is 33.4 Å². The third-order valence-electron chi connectivity index (χ3n) is 2.86. The molecule has 0 atom stereocenters. The lowest BCUT2D eigenvalue weighted by Crippen LogP contribution is -1.99. The highest BCUT2D eigenvalue weighted by Gasteiger charge is 2.15. The second-order valence-electron chi connectivity index (χ2n) is 3.58. The average molecular weight is 243 g/mol. The number of halogens is 2. The molecule has 1 heterocycles. The Bertz CT molecular complexity index is 529. The van der Waals surface area contributed by atoms with E-state index in [-0.39, 0.29) is 0 Å². The van der Waals surface area contributed by atoms with Gasteiger partial charge in [-0.1, -0.05) is 23.2 Å². The van der Waals surface area contributed by atoms with E-state index in [0.717, 1.165) is 22.2 Å². The minimum absolute atomic E-state index is 0.475. The number of hydrogen-bond donors (Lipinski definition) is 1. The number of nitrogens with two attached hydrogens (primary N) is 1. The number of aryl methyl sites for hydroxylation is 1. The van der Waals surface area contributed by atoms with Gasteiger partial charge in [-0.2, -0.15) is 0 Å². The van der Waals surface area contributed by atoms with Gasteiger partial charge in [-0.25, -0.2) is 0 Å². The lowest BCUT2D eigenvalue weighted by atomic mass is 10.1. The highest BCUT2D eigenvalue weighted by Crippen LogP contribution is 2.35. The molecule has 1 aromatic carbocycles. The molecule has 0 unspecified atom stereocenters. The van der Waals surface area contributed by atoms with Crippen LogP contribution in [0.4, 0.5) is 0 Å². The fourth-order valence-corrected chi connectivity index (χ4v) is 2.51. The molecule has 0 fully saturated rings. The predicted octanol–water partition coefficient (Wildman–Crippen LogP) is 3.25. The molecule has 0 aliphatic rings. The maximum absolute atomic E-state index is 6.17. The van der Waals surface area contributed by atoms with Crippen molar-refractivity contribution < 1.29 is 0 Å². The summed E-state index contributed by atoms with van der Waals surface area (Å²) in [5, 5.41) is 2.39. The molecule has 0 aliphatic carbocycles. The summed E-state index contributed by atoms with van der Waals surface area (Å²) in [7, 11) is 1.97. The quantitative estimate of drug-likeness (QED) is 0.818. The standard InChI is InChI=1S/C11H12Cl2N2/c1-6-7(5-14)10-8(12)3-4-9(13)11(10)15(6)2/h3-4H,5,14H2,1-2H3. The lowest BCUT2D eigenvalue weighted by Gasteiger charge is -2.01. The molecule has 15 heavy (non-hydrogen) atoms. The third-order valence-corrected chi connectivity index (χ3v) is 3.48. The van der Waals surface area contributed by atoms with E-state index in [1.54, 1.807) is 0 Å². The second kappa shape index (κ2) is 3.71. The van der Waals surface area contributed by atoms with Crippen molar-refractivity contribution >= 4 is 34.1 Å². The summed E-state index contributed by atoms with van der Waals surface area (Å²) in [6.45, 7) is 2.50. The van der Waals surface area contributed by atoms with Crippen LogP contribution in [0.2, 0.25) is 10.0 Å². The van der Waals surface area contributed by atoms with Gasteiger partial charge in [0.2, 0.25) is 0 Å². The summed E-state index contributed by atoms with van der Waals surface area (Å²) < 4.78 is 2.03. The summed E-state index contributed by atoms with van der Waals surface area (Å²) in [5.41, 5.74) is 8.88. The number of nitrogens with zero attached hydrogens (tertiary/aromatic N) is 1. The molecule has 2 N–H and O–H groups in total. The van der Waals surface area contributed by atoms with Gasteiger partial charge in [-0.15, -0.1) is 0 Å². The van der Waals surface area contributed by atoms with Gasteiger partial charge in [0.15, 0.2) is 0 Å². The molecule has 2 rings (SSSR count). The lowest BCUT2D eigenvalue weighted by molar-refractivity contribution is 0.894. The van der Waals surface area contributed by atoms with Crippen LogP contribution in [0.25, 0.3) is 10.9 Å². The predicted molar refractivity (Wildman–Crippen MR) is 65.6 cm³/mol. The number of benzene rings is 1. The molecule has 2 nitrogen and oxygen atoms in total. The first kappa shape index (κ1) is 10.8. The molecule has 0 amide bonds. The molecule has 1 aromatic heterocycles. The van der Waals surface area contributed by atoms with E-state index in [9.17, 15) is 0 Å². The van der Waals surface area contributed by atoms with Crippen LogP contribution in [-0.2, 0) is 13.6 Å². The second-order valence-corrected chi connectivity index (χ2v) is 4.39. The summed E-state index contributed by atoms with van der Waals surface area (Å²) in [5.74, 6) is 0. The van der Waals surface area contributed by atoms with Crippen molar-refractivity contribution in [3.8, 4) is 0 Å². The van der Waals surface area contributed by atoms with Crippen LogP contribution < -0.4 is 5.73 Å². The van der Waals surface area contributed by atoms with Gasteiger partial charge in [0.05, 0.1) is 15.6 Å². The maximum Gasteiger partial charge on any atom is 0.0687 e. The van der Waals surface area contributed by atoms with Crippen molar-refractivity contribution in [2.24, 2.45) is 12.8 Å². The van der Waals surface area contributed by atoms with Crippen molar-refractivity contribution in [2.45, 2.75) is 13.5 Å². The fourth-order valence-electron chi connectivity index (χ4n) is 1.96. The van der Waals surface area contributed by atoms with Gasteiger partial charge >= 0.3 is 0 Å². The molecule has 0 radical (unpaired) electrons. The van der Waals surface area contributed by atoms with Gasteiger partial charge in [0.1, 0.15) is 0 Å². The van der Waals surface area contributed by atoms with E-state index in [1.165, 1.54) is 0 Å². The molecule has 0 spiro atoms. The van der Waals surface area contributed by atoms with Crippen molar-refractivity contribution in [3.63, 3.8) is 0 Å². The Morgan fingerprint density at radius 2 is 1.87 bits per heavy atom. The van der Waals surface area contributed by atoms with E-state index in [4.69, 9.17) is 28.9 Å². The van der Waals surface area contributed by atoms with Gasteiger partial charge < -0.3 is 10.3 Å². The van der Waals surface area contributed by atoms with E-state index in [1.807, 2.05) is 30.7 Å². The van der Waals surface area contributed by atoms with Crippen LogP contribution >= 0.6 is 23.2 Å². The van der Waals surface area contributed by atoms with Crippen molar-refractivity contribution in [2.75, 3.05) is 0 Å². The van der Waals surface area contributed by atoms with E-state index in [0.29, 0.717) is 16.6 Å². The maximum atomic E-state index is 6.17. The van der Waals surface area contributed by atoms with Gasteiger partial charge in [0.25, 0.3) is 0 Å². The Labute approximate surface area is 98.6 Å². The zero-order valence-corrected chi connectivity index (χ0v) is 10.2. The van der Waals surface area contributed by atoms with Crippen molar-refractivity contribution in [1.82, 2.24) is 4.57 Å². The number of fused-ring (bicyclic) bond motifs is 1. The molecular formula is C11H12Cl2N2. The molecule has 0 saturated carbocycles. The monoisotopic (exact) mass is 242 g/mol. The molecular weight excluding hydrogens is 231 g/mol. The molecule has 2 aromatic rings. The Hall–Kier alpha value is -0.700. The fraction of sp³-hybridized carbons (Fsp3) is 0.273. The number of hydrogen-bond acceptors (Lipinski definition) is 1. The van der Waals surface area contributed by atoms with Gasteiger partial charge in [-0.05, 0) is 24.6 Å². The highest BCUT2D eigenvalue weighted by atomic mass is 35.5. The normalized spacial score (nSPS) is 11.3. The molecule has 0 bridgehead atoms. The minimum atomic E-state index is 0.475. The molecule has 80 valence electrons. The SMILES string of the molecule is Cc1c(CN)c2c(Cl)ccc(Cl)c2n1C. The highest BCUT2D eigenvalue weighted by molar-refractivity contribution is 6.40. The molecule has 0 saturated heterocycles.